The highest BCUT2D eigenvalue weighted by atomic mass is 17.2. The maximum Gasteiger partial charge on any atom is 0.390 e. The summed E-state index contributed by atoms with van der Waals surface area (Å²) in [6.07, 6.45) is -0.582. The highest BCUT2D eigenvalue weighted by Gasteiger charge is 2.44. The van der Waals surface area contributed by atoms with Gasteiger partial charge in [0.05, 0.1) is 73.9 Å². The Bertz CT molecular complexity index is 1760. The number of hydrogen-bond acceptors (Lipinski definition) is 17. The number of benzene rings is 3. The van der Waals surface area contributed by atoms with Crippen LogP contribution < -0.4 is 47.4 Å². The molecule has 0 radical (unpaired) electrons. The molecule has 3 aromatic carbocycles. The molecule has 282 valence electrons. The molecule has 0 saturated heterocycles. The quantitative estimate of drug-likeness (QED) is 0.0885. The molecular weight excluding hydrogens is 692 g/mol. The first-order valence-corrected chi connectivity index (χ1v) is 15.3. The van der Waals surface area contributed by atoms with E-state index in [4.69, 9.17) is 66.6 Å². The third-order valence-corrected chi connectivity index (χ3v) is 8.08. The zero-order chi connectivity index (χ0) is 38.1. The van der Waals surface area contributed by atoms with Gasteiger partial charge in [-0.2, -0.15) is 0 Å². The third-order valence-electron chi connectivity index (χ3n) is 8.08. The van der Waals surface area contributed by atoms with Crippen LogP contribution in [-0.4, -0.2) is 102 Å². The lowest BCUT2D eigenvalue weighted by atomic mass is 9.83. The summed E-state index contributed by atoms with van der Waals surface area (Å²) in [6.45, 7) is -0.318. The number of methoxy groups -OCH3 is 10. The molecule has 17 nitrogen and oxygen atoms in total. The third kappa shape index (κ3) is 7.17. The summed E-state index contributed by atoms with van der Waals surface area (Å²) in [5, 5.41) is 0. The molecule has 0 fully saturated rings. The Morgan fingerprint density at radius 2 is 1.23 bits per heavy atom. The van der Waals surface area contributed by atoms with E-state index in [0.29, 0.717) is 17.6 Å². The smallest absolute Gasteiger partial charge is 0.390 e. The maximum absolute atomic E-state index is 14.2. The van der Waals surface area contributed by atoms with Crippen molar-refractivity contribution in [3.8, 4) is 57.5 Å². The van der Waals surface area contributed by atoms with Crippen molar-refractivity contribution < 1.29 is 81.0 Å². The van der Waals surface area contributed by atoms with Crippen LogP contribution in [0.25, 0.3) is 0 Å². The Morgan fingerprint density at radius 3 is 1.73 bits per heavy atom. The predicted octanol–water partition coefficient (Wildman–Crippen LogP) is 4.17. The fourth-order valence-corrected chi connectivity index (χ4v) is 5.85. The van der Waals surface area contributed by atoms with Crippen LogP contribution in [0.1, 0.15) is 48.1 Å². The summed E-state index contributed by atoms with van der Waals surface area (Å²) < 4.78 is 67.3. The Hall–Kier alpha value is -5.81. The lowest BCUT2D eigenvalue weighted by molar-refractivity contribution is -0.187. The van der Waals surface area contributed by atoms with Gasteiger partial charge < -0.3 is 56.8 Å². The molecule has 0 N–H and O–H groups in total. The average Bonchev–Trinajstić information content (AvgIpc) is 3.18. The van der Waals surface area contributed by atoms with Gasteiger partial charge in [-0.15, -0.1) is 0 Å². The lowest BCUT2D eigenvalue weighted by Crippen LogP contribution is -2.35. The second-order valence-electron chi connectivity index (χ2n) is 10.6. The van der Waals surface area contributed by atoms with E-state index in [1.807, 2.05) is 0 Å². The van der Waals surface area contributed by atoms with Crippen LogP contribution >= 0.6 is 0 Å². The van der Waals surface area contributed by atoms with Gasteiger partial charge in [-0.05, 0) is 18.6 Å². The molecule has 3 aromatic rings. The number of fused-ring (bicyclic) bond motifs is 1. The van der Waals surface area contributed by atoms with Crippen molar-refractivity contribution in [1.82, 2.24) is 0 Å². The van der Waals surface area contributed by atoms with Gasteiger partial charge in [0.15, 0.2) is 36.1 Å². The first kappa shape index (κ1) is 39.0. The Labute approximate surface area is 299 Å². The molecule has 0 aliphatic carbocycles. The largest absolute Gasteiger partial charge is 0.496 e. The summed E-state index contributed by atoms with van der Waals surface area (Å²) in [7, 11) is 13.7. The van der Waals surface area contributed by atoms with Crippen molar-refractivity contribution in [2.24, 2.45) is 0 Å². The van der Waals surface area contributed by atoms with Crippen LogP contribution in [0.3, 0.4) is 0 Å². The monoisotopic (exact) mass is 732 g/mol. The molecule has 4 rings (SSSR count). The average molecular weight is 733 g/mol. The Balaban J connectivity index is 1.93. The second-order valence-corrected chi connectivity index (χ2v) is 10.6. The summed E-state index contributed by atoms with van der Waals surface area (Å²) >= 11 is 0. The van der Waals surface area contributed by atoms with Crippen LogP contribution in [0.2, 0.25) is 0 Å². The van der Waals surface area contributed by atoms with Gasteiger partial charge in [0.25, 0.3) is 0 Å². The minimum absolute atomic E-state index is 0.00768. The first-order chi connectivity index (χ1) is 25.2. The van der Waals surface area contributed by atoms with Crippen molar-refractivity contribution in [1.29, 1.82) is 0 Å². The van der Waals surface area contributed by atoms with Crippen LogP contribution in [0.4, 0.5) is 0 Å². The minimum Gasteiger partial charge on any atom is -0.496 e. The molecule has 1 aliphatic heterocycles. The van der Waals surface area contributed by atoms with E-state index in [1.165, 1.54) is 89.3 Å². The summed E-state index contributed by atoms with van der Waals surface area (Å²) in [5.41, 5.74) is 0.187. The Kier molecular flexibility index (Phi) is 13.1. The summed E-state index contributed by atoms with van der Waals surface area (Å²) in [6, 6.07) is 4.16. The van der Waals surface area contributed by atoms with E-state index >= 15 is 0 Å². The topological polar surface area (TPSA) is 180 Å². The molecule has 0 unspecified atom stereocenters. The standard InChI is InChI=1S/C35H40O17/c1-39-16-49-30-25(19-13-18-21(40-2)14-22(41-3)20(15-36)27(18)50-35(19)48-10)26(29(45-7)31(46-8)32(30)47-9)34(38)52-51-33(37)17-11-23(42-4)28(44-6)24(12-17)43-5/h11-12,14-15,19,35H,13,16H2,1-10H3/t19-,35-/m1/s1. The highest BCUT2D eigenvalue weighted by Crippen LogP contribution is 2.55. The minimum atomic E-state index is -1.22. The fourth-order valence-electron chi connectivity index (χ4n) is 5.85. The molecule has 0 amide bonds. The lowest BCUT2D eigenvalue weighted by Gasteiger charge is -2.36. The van der Waals surface area contributed by atoms with E-state index < -0.39 is 24.1 Å². The highest BCUT2D eigenvalue weighted by molar-refractivity contribution is 5.99. The van der Waals surface area contributed by atoms with Crippen LogP contribution in [-0.2, 0) is 25.7 Å². The molecule has 2 atom stereocenters. The molecule has 0 aromatic heterocycles. The van der Waals surface area contributed by atoms with E-state index in [-0.39, 0.29) is 87.2 Å². The van der Waals surface area contributed by atoms with Crippen molar-refractivity contribution in [2.45, 2.75) is 18.6 Å². The molecule has 1 heterocycles. The molecular formula is C35H40O17. The zero-order valence-corrected chi connectivity index (χ0v) is 30.3. The second kappa shape index (κ2) is 17.4. The van der Waals surface area contributed by atoms with Gasteiger partial charge in [-0.1, -0.05) is 0 Å². The molecule has 1 aliphatic rings. The summed E-state index contributed by atoms with van der Waals surface area (Å²) in [5.74, 6) is -2.36. The van der Waals surface area contributed by atoms with Gasteiger partial charge in [0.1, 0.15) is 22.8 Å². The number of hydrogen-bond donors (Lipinski definition) is 0. The van der Waals surface area contributed by atoms with Crippen molar-refractivity contribution in [3.05, 3.63) is 46.0 Å². The fraction of sp³-hybridized carbons (Fsp3) is 0.400. The maximum atomic E-state index is 14.2. The molecule has 0 spiro atoms. The van der Waals surface area contributed by atoms with Gasteiger partial charge in [0, 0.05) is 31.4 Å². The predicted molar refractivity (Wildman–Crippen MR) is 178 cm³/mol. The number of carbonyl (C=O) groups is 3. The van der Waals surface area contributed by atoms with Crippen molar-refractivity contribution in [2.75, 3.05) is 77.9 Å². The molecule has 52 heavy (non-hydrogen) atoms. The zero-order valence-electron chi connectivity index (χ0n) is 30.3. The SMILES string of the molecule is COCOc1c(OC)c(OC)c(OC)c(C(=O)OOC(=O)c2cc(OC)c(OC)c(OC)c2)c1[C@H]1Cc2c(OC)cc(OC)c(C=O)c2O[C@H]1OC. The van der Waals surface area contributed by atoms with Gasteiger partial charge in [0.2, 0.25) is 23.5 Å². The van der Waals surface area contributed by atoms with E-state index in [1.54, 1.807) is 0 Å². The van der Waals surface area contributed by atoms with Crippen LogP contribution in [0.5, 0.6) is 57.5 Å². The molecule has 0 bridgehead atoms. The normalized spacial score (nSPS) is 14.5. The number of carbonyl (C=O) groups excluding carboxylic acids is 3. The van der Waals surface area contributed by atoms with E-state index in [2.05, 4.69) is 0 Å². The van der Waals surface area contributed by atoms with Crippen LogP contribution in [0, 0.1) is 0 Å². The number of aldehydes is 1. The van der Waals surface area contributed by atoms with E-state index in [9.17, 15) is 14.4 Å². The van der Waals surface area contributed by atoms with Crippen molar-refractivity contribution >= 4 is 18.2 Å². The first-order valence-electron chi connectivity index (χ1n) is 15.3. The van der Waals surface area contributed by atoms with Crippen LogP contribution in [0.15, 0.2) is 18.2 Å². The number of rotatable bonds is 16. The van der Waals surface area contributed by atoms with Gasteiger partial charge >= 0.3 is 11.9 Å². The van der Waals surface area contributed by atoms with Gasteiger partial charge in [-0.3, -0.25) is 4.79 Å². The summed E-state index contributed by atoms with van der Waals surface area (Å²) in [4.78, 5) is 49.9. The van der Waals surface area contributed by atoms with Gasteiger partial charge in [-0.25, -0.2) is 19.4 Å². The molecule has 17 heteroatoms. The Morgan fingerprint density at radius 1 is 0.673 bits per heavy atom. The van der Waals surface area contributed by atoms with E-state index in [0.717, 1.165) is 0 Å². The molecule has 0 saturated carbocycles. The van der Waals surface area contributed by atoms with Crippen molar-refractivity contribution in [3.63, 3.8) is 0 Å². The number of ether oxygens (including phenoxy) is 12.